The number of hydrogen-bond donors (Lipinski definition) is 1. The Morgan fingerprint density at radius 2 is 1.88 bits per heavy atom. The third kappa shape index (κ3) is 2.88. The van der Waals surface area contributed by atoms with Crippen molar-refractivity contribution < 1.29 is 9.53 Å². The zero-order chi connectivity index (χ0) is 17.9. The zero-order valence-corrected chi connectivity index (χ0v) is 14.4. The van der Waals surface area contributed by atoms with E-state index in [2.05, 4.69) is 10.3 Å². The van der Waals surface area contributed by atoms with E-state index in [0.29, 0.717) is 12.1 Å². The number of methoxy groups -OCH3 is 1. The Morgan fingerprint density at radius 1 is 1.08 bits per heavy atom. The number of hydrogen-bond acceptors (Lipinski definition) is 4. The van der Waals surface area contributed by atoms with Gasteiger partial charge in [-0.25, -0.2) is 0 Å². The number of carbonyl (C=O) groups excluding carboxylic acids is 1. The first-order valence-corrected chi connectivity index (χ1v) is 8.46. The van der Waals surface area contributed by atoms with E-state index in [9.17, 15) is 4.79 Å². The third-order valence-corrected chi connectivity index (χ3v) is 4.53. The lowest BCUT2D eigenvalue weighted by atomic mass is 10.0. The summed E-state index contributed by atoms with van der Waals surface area (Å²) in [6, 6.07) is 19.2. The molecule has 0 unspecified atom stereocenters. The molecule has 26 heavy (non-hydrogen) atoms. The number of aromatic nitrogens is 1. The average molecular weight is 345 g/mol. The van der Waals surface area contributed by atoms with Crippen molar-refractivity contribution in [2.45, 2.75) is 12.7 Å². The first-order valence-electron chi connectivity index (χ1n) is 8.46. The summed E-state index contributed by atoms with van der Waals surface area (Å²) in [7, 11) is 1.64. The molecule has 130 valence electrons. The summed E-state index contributed by atoms with van der Waals surface area (Å²) in [6.45, 7) is 0.455. The highest BCUT2D eigenvalue weighted by molar-refractivity contribution is 6.01. The molecular weight excluding hydrogens is 326 g/mol. The van der Waals surface area contributed by atoms with Crippen LogP contribution in [0.3, 0.4) is 0 Å². The maximum atomic E-state index is 13.2. The summed E-state index contributed by atoms with van der Waals surface area (Å²) in [5.74, 6) is 0.729. The van der Waals surface area contributed by atoms with E-state index in [1.807, 2.05) is 65.6 Å². The van der Waals surface area contributed by atoms with Crippen molar-refractivity contribution in [1.82, 2.24) is 9.88 Å². The molecular formula is C21H19N3O2. The van der Waals surface area contributed by atoms with E-state index >= 15 is 0 Å². The smallest absolute Gasteiger partial charge is 0.258 e. The number of fused-ring (bicyclic) bond motifs is 1. The molecule has 3 aromatic rings. The highest BCUT2D eigenvalue weighted by atomic mass is 16.5. The molecule has 1 aliphatic heterocycles. The van der Waals surface area contributed by atoms with Crippen molar-refractivity contribution in [3.63, 3.8) is 0 Å². The standard InChI is InChI=1S/C21H19N3O2/c1-26-19-11-5-3-9-17(19)20-23-18-10-4-2-8-16(18)21(25)24(20)14-15-7-6-12-22-13-15/h2-13,20,23H,14H2,1H3/t20-/m1/s1. The van der Waals surface area contributed by atoms with Crippen molar-refractivity contribution >= 4 is 11.6 Å². The van der Waals surface area contributed by atoms with Gasteiger partial charge < -0.3 is 15.0 Å². The van der Waals surface area contributed by atoms with Crippen LogP contribution < -0.4 is 10.1 Å². The summed E-state index contributed by atoms with van der Waals surface area (Å²) in [4.78, 5) is 19.2. The lowest BCUT2D eigenvalue weighted by Crippen LogP contribution is -2.42. The van der Waals surface area contributed by atoms with Gasteiger partial charge in [0, 0.05) is 30.2 Å². The molecule has 1 N–H and O–H groups in total. The van der Waals surface area contributed by atoms with Crippen LogP contribution in [0.15, 0.2) is 73.1 Å². The van der Waals surface area contributed by atoms with Crippen molar-refractivity contribution in [3.8, 4) is 5.75 Å². The number of benzene rings is 2. The van der Waals surface area contributed by atoms with Gasteiger partial charge in [-0.15, -0.1) is 0 Å². The van der Waals surface area contributed by atoms with Crippen molar-refractivity contribution in [3.05, 3.63) is 89.7 Å². The third-order valence-electron chi connectivity index (χ3n) is 4.53. The van der Waals surface area contributed by atoms with Crippen LogP contribution in [-0.2, 0) is 6.54 Å². The first-order chi connectivity index (χ1) is 12.8. The Labute approximate surface area is 152 Å². The molecule has 5 nitrogen and oxygen atoms in total. The Morgan fingerprint density at radius 3 is 2.69 bits per heavy atom. The molecule has 0 fully saturated rings. The average Bonchev–Trinajstić information content (AvgIpc) is 2.71. The topological polar surface area (TPSA) is 54.5 Å². The minimum Gasteiger partial charge on any atom is -0.496 e. The maximum absolute atomic E-state index is 13.2. The van der Waals surface area contributed by atoms with Crippen LogP contribution >= 0.6 is 0 Å². The SMILES string of the molecule is COc1ccccc1[C@@H]1Nc2ccccc2C(=O)N1Cc1cccnc1. The molecule has 2 aromatic carbocycles. The fraction of sp³-hybridized carbons (Fsp3) is 0.143. The summed E-state index contributed by atoms with van der Waals surface area (Å²) in [5.41, 5.74) is 3.39. The molecule has 1 atom stereocenters. The van der Waals surface area contributed by atoms with E-state index in [-0.39, 0.29) is 12.1 Å². The van der Waals surface area contributed by atoms with E-state index in [0.717, 1.165) is 22.6 Å². The molecule has 1 aromatic heterocycles. The molecule has 5 heteroatoms. The number of para-hydroxylation sites is 2. The first kappa shape index (κ1) is 16.1. The van der Waals surface area contributed by atoms with Crippen LogP contribution in [0, 0.1) is 0 Å². The highest BCUT2D eigenvalue weighted by Gasteiger charge is 2.34. The molecule has 0 saturated carbocycles. The summed E-state index contributed by atoms with van der Waals surface area (Å²) < 4.78 is 5.53. The van der Waals surface area contributed by atoms with Gasteiger partial charge in [-0.2, -0.15) is 0 Å². The largest absolute Gasteiger partial charge is 0.496 e. The second-order valence-electron chi connectivity index (χ2n) is 6.13. The lowest BCUT2D eigenvalue weighted by molar-refractivity contribution is 0.0664. The van der Waals surface area contributed by atoms with Crippen molar-refractivity contribution in [1.29, 1.82) is 0 Å². The van der Waals surface area contributed by atoms with E-state index in [1.54, 1.807) is 19.5 Å². The number of ether oxygens (including phenoxy) is 1. The molecule has 2 heterocycles. The quantitative estimate of drug-likeness (QED) is 0.780. The minimum absolute atomic E-state index is 0.0147. The van der Waals surface area contributed by atoms with E-state index in [1.165, 1.54) is 0 Å². The molecule has 0 bridgehead atoms. The number of anilines is 1. The van der Waals surface area contributed by atoms with Gasteiger partial charge in [0.25, 0.3) is 5.91 Å². The molecule has 1 aliphatic rings. The second-order valence-corrected chi connectivity index (χ2v) is 6.13. The minimum atomic E-state index is -0.325. The van der Waals surface area contributed by atoms with Gasteiger partial charge in [0.15, 0.2) is 0 Å². The van der Waals surface area contributed by atoms with Gasteiger partial charge in [-0.1, -0.05) is 36.4 Å². The number of pyridine rings is 1. The fourth-order valence-corrected chi connectivity index (χ4v) is 3.28. The van der Waals surface area contributed by atoms with Crippen LogP contribution in [0.25, 0.3) is 0 Å². The predicted octanol–water partition coefficient (Wildman–Crippen LogP) is 3.86. The molecule has 0 saturated heterocycles. The van der Waals surface area contributed by atoms with Gasteiger partial charge in [0.2, 0.25) is 0 Å². The summed E-state index contributed by atoms with van der Waals surface area (Å²) in [5, 5.41) is 3.49. The van der Waals surface area contributed by atoms with Crippen LogP contribution in [0.2, 0.25) is 0 Å². The van der Waals surface area contributed by atoms with Crippen LogP contribution in [0.5, 0.6) is 5.75 Å². The number of carbonyl (C=O) groups is 1. The summed E-state index contributed by atoms with van der Waals surface area (Å²) >= 11 is 0. The second kappa shape index (κ2) is 6.88. The fourth-order valence-electron chi connectivity index (χ4n) is 3.28. The van der Waals surface area contributed by atoms with Gasteiger partial charge >= 0.3 is 0 Å². The number of amides is 1. The van der Waals surface area contributed by atoms with Crippen molar-refractivity contribution in [2.24, 2.45) is 0 Å². The molecule has 0 spiro atoms. The van der Waals surface area contributed by atoms with Gasteiger partial charge in [-0.3, -0.25) is 9.78 Å². The van der Waals surface area contributed by atoms with Crippen LogP contribution in [0.1, 0.15) is 27.7 Å². The molecule has 0 aliphatic carbocycles. The van der Waals surface area contributed by atoms with Gasteiger partial charge in [-0.05, 0) is 29.8 Å². The highest BCUT2D eigenvalue weighted by Crippen LogP contribution is 2.37. The molecule has 0 radical (unpaired) electrons. The van der Waals surface area contributed by atoms with Crippen molar-refractivity contribution in [2.75, 3.05) is 12.4 Å². The van der Waals surface area contributed by atoms with E-state index in [4.69, 9.17) is 4.74 Å². The van der Waals surface area contributed by atoms with E-state index < -0.39 is 0 Å². The Hall–Kier alpha value is -3.34. The molecule has 4 rings (SSSR count). The predicted molar refractivity (Wildman–Crippen MR) is 99.9 cm³/mol. The molecule has 1 amide bonds. The lowest BCUT2D eigenvalue weighted by Gasteiger charge is -2.38. The Bertz CT molecular complexity index is 927. The monoisotopic (exact) mass is 345 g/mol. The number of rotatable bonds is 4. The normalized spacial score (nSPS) is 16.0. The Kier molecular flexibility index (Phi) is 4.27. The number of nitrogens with one attached hydrogen (secondary N) is 1. The maximum Gasteiger partial charge on any atom is 0.258 e. The summed E-state index contributed by atoms with van der Waals surface area (Å²) in [6.07, 6.45) is 3.19. The van der Waals surface area contributed by atoms with Crippen LogP contribution in [-0.4, -0.2) is 22.9 Å². The Balaban J connectivity index is 1.79. The van der Waals surface area contributed by atoms with Gasteiger partial charge in [0.1, 0.15) is 11.9 Å². The number of nitrogens with zero attached hydrogens (tertiary/aromatic N) is 2. The van der Waals surface area contributed by atoms with Crippen LogP contribution in [0.4, 0.5) is 5.69 Å². The zero-order valence-electron chi connectivity index (χ0n) is 14.4. The van der Waals surface area contributed by atoms with Gasteiger partial charge in [0.05, 0.1) is 12.7 Å².